The lowest BCUT2D eigenvalue weighted by Gasteiger charge is -2.19. The zero-order chi connectivity index (χ0) is 24.0. The van der Waals surface area contributed by atoms with Gasteiger partial charge in [0.1, 0.15) is 22.5 Å². The maximum atomic E-state index is 15.2. The molecule has 32 heavy (non-hydrogen) atoms. The van der Waals surface area contributed by atoms with Crippen molar-refractivity contribution in [2.24, 2.45) is 5.73 Å². The van der Waals surface area contributed by atoms with Crippen molar-refractivity contribution in [2.45, 2.75) is 26.4 Å². The number of nitrogens with two attached hydrogens (primary N) is 2. The topological polar surface area (TPSA) is 131 Å². The molecule has 0 spiro atoms. The van der Waals surface area contributed by atoms with E-state index in [0.29, 0.717) is 0 Å². The molecule has 1 aromatic heterocycles. The summed E-state index contributed by atoms with van der Waals surface area (Å²) in [6.07, 6.45) is -0.821. The molecule has 5 N–H and O–H groups in total. The van der Waals surface area contributed by atoms with Crippen LogP contribution in [-0.4, -0.2) is 17.6 Å². The van der Waals surface area contributed by atoms with Gasteiger partial charge in [0, 0.05) is 14.5 Å². The molecule has 2 amide bonds. The van der Waals surface area contributed by atoms with Gasteiger partial charge in [-0.2, -0.15) is 5.26 Å². The molecule has 0 aliphatic carbocycles. The summed E-state index contributed by atoms with van der Waals surface area (Å²) in [6.45, 7) is 5.02. The number of rotatable bonds is 3. The average Bonchev–Trinajstić information content (AvgIpc) is 3.03. The number of benzene rings is 2. The number of carbonyl (C=O) groups is 2. The lowest BCUT2D eigenvalue weighted by atomic mass is 9.96. The number of hydrogen-bond donors (Lipinski definition) is 3. The number of fused-ring (bicyclic) bond motifs is 1. The standard InChI is InChI=1S/C21H17F2IN4O3S/c1-21(2,3)31-20(30)28-19-10(7-25)13-8(4-5-11(22)17(13)32-19)14-12(24)6-9(18(27)29)16(26)15(14)23/h4-6H,26H2,1-3H3,(H2,27,29)(H,28,30). The zero-order valence-corrected chi connectivity index (χ0v) is 20.1. The molecule has 3 rings (SSSR count). The highest BCUT2D eigenvalue weighted by Crippen LogP contribution is 2.45. The maximum Gasteiger partial charge on any atom is 0.412 e. The molecule has 2 aromatic carbocycles. The van der Waals surface area contributed by atoms with E-state index in [1.807, 2.05) is 6.07 Å². The number of primary amides is 1. The Hall–Kier alpha value is -2.98. The Labute approximate surface area is 199 Å². The van der Waals surface area contributed by atoms with Crippen LogP contribution in [0.15, 0.2) is 18.2 Å². The number of nitrogens with zero attached hydrogens (tertiary/aromatic N) is 1. The van der Waals surface area contributed by atoms with Gasteiger partial charge in [-0.05, 0) is 61.1 Å². The van der Waals surface area contributed by atoms with Gasteiger partial charge in [-0.15, -0.1) is 11.3 Å². The number of thiophene rings is 1. The Morgan fingerprint density at radius 3 is 2.50 bits per heavy atom. The van der Waals surface area contributed by atoms with E-state index in [9.17, 15) is 19.2 Å². The Kier molecular flexibility index (Phi) is 6.30. The number of nitriles is 1. The molecule has 0 saturated carbocycles. The first-order valence-electron chi connectivity index (χ1n) is 9.08. The summed E-state index contributed by atoms with van der Waals surface area (Å²) in [5.74, 6) is -2.47. The molecule has 11 heteroatoms. The number of carbonyl (C=O) groups excluding carboxylic acids is 2. The highest BCUT2D eigenvalue weighted by atomic mass is 127. The predicted octanol–water partition coefficient (Wildman–Crippen LogP) is 5.35. The first-order valence-corrected chi connectivity index (χ1v) is 11.0. The highest BCUT2D eigenvalue weighted by Gasteiger charge is 2.26. The van der Waals surface area contributed by atoms with Crippen LogP contribution >= 0.6 is 33.9 Å². The third-order valence-corrected chi connectivity index (χ3v) is 6.27. The van der Waals surface area contributed by atoms with E-state index >= 15 is 4.39 Å². The van der Waals surface area contributed by atoms with E-state index in [0.717, 1.165) is 17.4 Å². The van der Waals surface area contributed by atoms with Crippen molar-refractivity contribution >= 4 is 66.7 Å². The van der Waals surface area contributed by atoms with E-state index in [2.05, 4.69) is 5.32 Å². The third-order valence-electron chi connectivity index (χ3n) is 4.31. The molecule has 0 fully saturated rings. The summed E-state index contributed by atoms with van der Waals surface area (Å²) in [6, 6.07) is 5.71. The molecule has 0 bridgehead atoms. The summed E-state index contributed by atoms with van der Waals surface area (Å²) in [5.41, 5.74) is 9.71. The molecule has 0 atom stereocenters. The molecule has 0 aliphatic heterocycles. The summed E-state index contributed by atoms with van der Waals surface area (Å²) >= 11 is 2.63. The second-order valence-corrected chi connectivity index (χ2v) is 9.90. The molecule has 0 saturated heterocycles. The fraction of sp³-hybridized carbons (Fsp3) is 0.190. The SMILES string of the molecule is CC(C)(C)OC(=O)Nc1sc2c(F)ccc(-c3c(I)cc(C(N)=O)c(N)c3F)c2c1C#N. The average molecular weight is 570 g/mol. The molecule has 3 aromatic rings. The minimum absolute atomic E-state index is 0.0174. The number of hydrogen-bond acceptors (Lipinski definition) is 6. The second kappa shape index (κ2) is 8.51. The lowest BCUT2D eigenvalue weighted by Crippen LogP contribution is -2.27. The van der Waals surface area contributed by atoms with Crippen LogP contribution in [0.2, 0.25) is 0 Å². The zero-order valence-electron chi connectivity index (χ0n) is 17.1. The maximum absolute atomic E-state index is 15.2. The van der Waals surface area contributed by atoms with Crippen molar-refractivity contribution in [1.82, 2.24) is 0 Å². The van der Waals surface area contributed by atoms with Gasteiger partial charge < -0.3 is 16.2 Å². The Morgan fingerprint density at radius 2 is 1.94 bits per heavy atom. The molecule has 1 heterocycles. The summed E-state index contributed by atoms with van der Waals surface area (Å²) in [7, 11) is 0. The molecule has 166 valence electrons. The van der Waals surface area contributed by atoms with Crippen LogP contribution in [0.4, 0.5) is 24.3 Å². The largest absolute Gasteiger partial charge is 0.444 e. The van der Waals surface area contributed by atoms with Crippen molar-refractivity contribution in [2.75, 3.05) is 11.1 Å². The number of anilines is 2. The number of halogens is 3. The van der Waals surface area contributed by atoms with E-state index in [4.69, 9.17) is 16.2 Å². The Bertz CT molecular complexity index is 1330. The van der Waals surface area contributed by atoms with Gasteiger partial charge in [-0.25, -0.2) is 13.6 Å². The van der Waals surface area contributed by atoms with Gasteiger partial charge in [0.15, 0.2) is 5.82 Å². The smallest absolute Gasteiger partial charge is 0.412 e. The van der Waals surface area contributed by atoms with Crippen molar-refractivity contribution in [3.63, 3.8) is 0 Å². The van der Waals surface area contributed by atoms with E-state index < -0.39 is 34.9 Å². The molecule has 0 aliphatic rings. The van der Waals surface area contributed by atoms with E-state index in [1.165, 1.54) is 12.1 Å². The number of ether oxygens (including phenoxy) is 1. The fourth-order valence-electron chi connectivity index (χ4n) is 3.06. The van der Waals surface area contributed by atoms with Gasteiger partial charge in [-0.3, -0.25) is 10.1 Å². The van der Waals surface area contributed by atoms with Gasteiger partial charge in [0.05, 0.1) is 21.5 Å². The van der Waals surface area contributed by atoms with Crippen LogP contribution in [0.3, 0.4) is 0 Å². The van der Waals surface area contributed by atoms with Crippen LogP contribution in [0.25, 0.3) is 21.2 Å². The minimum Gasteiger partial charge on any atom is -0.444 e. The van der Waals surface area contributed by atoms with Crippen molar-refractivity contribution < 1.29 is 23.1 Å². The molecular weight excluding hydrogens is 553 g/mol. The molecule has 7 nitrogen and oxygen atoms in total. The Balaban J connectivity index is 2.28. The van der Waals surface area contributed by atoms with Crippen LogP contribution in [-0.2, 0) is 4.74 Å². The van der Waals surface area contributed by atoms with Crippen LogP contribution < -0.4 is 16.8 Å². The van der Waals surface area contributed by atoms with Crippen LogP contribution in [0.5, 0.6) is 0 Å². The summed E-state index contributed by atoms with van der Waals surface area (Å²) < 4.78 is 35.4. The Morgan fingerprint density at radius 1 is 1.28 bits per heavy atom. The van der Waals surface area contributed by atoms with Crippen LogP contribution in [0.1, 0.15) is 36.7 Å². The normalized spacial score (nSPS) is 11.3. The second-order valence-electron chi connectivity index (χ2n) is 7.72. The first-order chi connectivity index (χ1) is 14.9. The quantitative estimate of drug-likeness (QED) is 0.289. The minimum atomic E-state index is -0.921. The molecule has 0 radical (unpaired) electrons. The van der Waals surface area contributed by atoms with E-state index in [-0.39, 0.29) is 40.9 Å². The number of amides is 2. The van der Waals surface area contributed by atoms with Crippen molar-refractivity contribution in [3.8, 4) is 17.2 Å². The predicted molar refractivity (Wildman–Crippen MR) is 127 cm³/mol. The van der Waals surface area contributed by atoms with Crippen LogP contribution in [0, 0.1) is 26.5 Å². The fourth-order valence-corrected chi connectivity index (χ4v) is 4.96. The van der Waals surface area contributed by atoms with Crippen molar-refractivity contribution in [3.05, 3.63) is 44.5 Å². The van der Waals surface area contributed by atoms with Gasteiger partial charge in [-0.1, -0.05) is 6.07 Å². The number of nitrogen functional groups attached to an aromatic ring is 1. The number of nitrogens with one attached hydrogen (secondary N) is 1. The van der Waals surface area contributed by atoms with Gasteiger partial charge >= 0.3 is 6.09 Å². The highest BCUT2D eigenvalue weighted by molar-refractivity contribution is 14.1. The van der Waals surface area contributed by atoms with Crippen molar-refractivity contribution in [1.29, 1.82) is 5.26 Å². The van der Waals surface area contributed by atoms with E-state index in [1.54, 1.807) is 43.4 Å². The molecular formula is C21H17F2IN4O3S. The van der Waals surface area contributed by atoms with Gasteiger partial charge in [0.2, 0.25) is 0 Å². The van der Waals surface area contributed by atoms with Gasteiger partial charge in [0.25, 0.3) is 5.91 Å². The summed E-state index contributed by atoms with van der Waals surface area (Å²) in [5, 5.41) is 12.4. The summed E-state index contributed by atoms with van der Waals surface area (Å²) in [4.78, 5) is 23.8. The third kappa shape index (κ3) is 4.33. The monoisotopic (exact) mass is 570 g/mol. The molecule has 0 unspecified atom stereocenters. The first kappa shape index (κ1) is 23.7. The lowest BCUT2D eigenvalue weighted by molar-refractivity contribution is 0.0636.